The highest BCUT2D eigenvalue weighted by molar-refractivity contribution is 8.13. The fourth-order valence-electron chi connectivity index (χ4n) is 0.837. The number of carbonyl (C=O) groups excluding carboxylic acids is 1. The highest BCUT2D eigenvalue weighted by atomic mass is 35.7. The second-order valence-electron chi connectivity index (χ2n) is 2.19. The van der Waals surface area contributed by atoms with Crippen molar-refractivity contribution in [2.24, 2.45) is 0 Å². The van der Waals surface area contributed by atoms with Gasteiger partial charge in [0.25, 0.3) is 15.3 Å². The number of aromatic amines is 1. The molecular formula is C6H5ClNO3S. The molecule has 4 nitrogen and oxygen atoms in total. The van der Waals surface area contributed by atoms with E-state index in [0.29, 0.717) is 5.56 Å². The van der Waals surface area contributed by atoms with E-state index in [0.717, 1.165) is 6.20 Å². The maximum absolute atomic E-state index is 10.8. The Morgan fingerprint density at radius 2 is 2.17 bits per heavy atom. The predicted octanol–water partition coefficient (Wildman–Crippen LogP) is 0.708. The molecule has 0 aliphatic heterocycles. The molecule has 12 heavy (non-hydrogen) atoms. The van der Waals surface area contributed by atoms with Crippen molar-refractivity contribution in [3.8, 4) is 0 Å². The van der Waals surface area contributed by atoms with Crippen LogP contribution >= 0.6 is 10.7 Å². The lowest BCUT2D eigenvalue weighted by Gasteiger charge is -1.91. The van der Waals surface area contributed by atoms with Gasteiger partial charge in [0.15, 0.2) is 0 Å². The maximum Gasteiger partial charge on any atom is 0.263 e. The minimum absolute atomic E-state index is 0.0810. The Balaban J connectivity index is 3.39. The van der Waals surface area contributed by atoms with Crippen LogP contribution in [-0.4, -0.2) is 19.7 Å². The molecule has 1 rings (SSSR count). The van der Waals surface area contributed by atoms with Gasteiger partial charge in [-0.05, 0) is 12.5 Å². The van der Waals surface area contributed by atoms with Gasteiger partial charge in [0.1, 0.15) is 4.90 Å². The molecule has 6 heteroatoms. The Kier molecular flexibility index (Phi) is 2.25. The third-order valence-electron chi connectivity index (χ3n) is 1.46. The molecule has 1 heterocycles. The third kappa shape index (κ3) is 1.51. The first-order valence-corrected chi connectivity index (χ1v) is 5.28. The summed E-state index contributed by atoms with van der Waals surface area (Å²) < 4.78 is 21.6. The van der Waals surface area contributed by atoms with Gasteiger partial charge in [0.05, 0.1) is 5.69 Å². The van der Waals surface area contributed by atoms with E-state index < -0.39 is 9.05 Å². The van der Waals surface area contributed by atoms with Crippen LogP contribution in [-0.2, 0) is 13.8 Å². The van der Waals surface area contributed by atoms with Crippen LogP contribution in [0, 0.1) is 6.92 Å². The first kappa shape index (κ1) is 9.28. The van der Waals surface area contributed by atoms with Crippen LogP contribution in [0.2, 0.25) is 0 Å². The molecule has 0 unspecified atom stereocenters. The molecule has 0 saturated carbocycles. The van der Waals surface area contributed by atoms with Crippen molar-refractivity contribution < 1.29 is 13.2 Å². The second-order valence-corrected chi connectivity index (χ2v) is 4.73. The highest BCUT2D eigenvalue weighted by Crippen LogP contribution is 2.20. The summed E-state index contributed by atoms with van der Waals surface area (Å²) in [6.07, 6.45) is 2.72. The van der Waals surface area contributed by atoms with Crippen molar-refractivity contribution in [2.45, 2.75) is 11.8 Å². The standard InChI is InChI=1S/C6H5ClNO3S/c1-4-5(3-9)8-2-6(4)12(7,10)11/h2,8H,1H3. The Bertz CT molecular complexity index is 406. The van der Waals surface area contributed by atoms with Crippen molar-refractivity contribution in [1.29, 1.82) is 0 Å². The summed E-state index contributed by atoms with van der Waals surface area (Å²) >= 11 is 0. The Hall–Kier alpha value is -0.810. The van der Waals surface area contributed by atoms with E-state index in [1.807, 2.05) is 0 Å². The van der Waals surface area contributed by atoms with Gasteiger partial charge in [0, 0.05) is 16.9 Å². The lowest BCUT2D eigenvalue weighted by atomic mass is 10.3. The highest BCUT2D eigenvalue weighted by Gasteiger charge is 2.17. The van der Waals surface area contributed by atoms with Crippen LogP contribution in [0.5, 0.6) is 0 Å². The van der Waals surface area contributed by atoms with Gasteiger partial charge in [-0.25, -0.2) is 8.42 Å². The average molecular weight is 207 g/mol. The van der Waals surface area contributed by atoms with E-state index in [1.165, 1.54) is 6.92 Å². The number of H-pyrrole nitrogens is 1. The number of rotatable bonds is 2. The van der Waals surface area contributed by atoms with Crippen molar-refractivity contribution >= 4 is 26.0 Å². The lowest BCUT2D eigenvalue weighted by molar-refractivity contribution is 0.561. The SMILES string of the molecule is Cc1c(S(=O)(=O)Cl)c[nH]c1[C]=O. The summed E-state index contributed by atoms with van der Waals surface area (Å²) in [5, 5.41) is 0. The maximum atomic E-state index is 10.8. The van der Waals surface area contributed by atoms with Gasteiger partial charge in [-0.15, -0.1) is 0 Å². The molecule has 0 aliphatic carbocycles. The smallest absolute Gasteiger partial charge is 0.263 e. The summed E-state index contributed by atoms with van der Waals surface area (Å²) in [5.41, 5.74) is 0.397. The van der Waals surface area contributed by atoms with E-state index >= 15 is 0 Å². The first-order chi connectivity index (χ1) is 5.46. The monoisotopic (exact) mass is 206 g/mol. The molecule has 0 aliphatic rings. The molecule has 65 valence electrons. The summed E-state index contributed by atoms with van der Waals surface area (Å²) in [6, 6.07) is 0. The van der Waals surface area contributed by atoms with Gasteiger partial charge in [0.2, 0.25) is 0 Å². The summed E-state index contributed by atoms with van der Waals surface area (Å²) in [6.45, 7) is 1.48. The molecule has 0 atom stereocenters. The number of aromatic nitrogens is 1. The minimum Gasteiger partial charge on any atom is -0.357 e. The fourth-order valence-corrected chi connectivity index (χ4v) is 1.98. The summed E-state index contributed by atoms with van der Waals surface area (Å²) in [5.74, 6) is 0. The zero-order valence-electron chi connectivity index (χ0n) is 6.09. The molecule has 0 fully saturated rings. The van der Waals surface area contributed by atoms with Gasteiger partial charge in [-0.2, -0.15) is 0 Å². The zero-order chi connectivity index (χ0) is 9.35. The molecule has 0 amide bonds. The number of nitrogens with one attached hydrogen (secondary N) is 1. The van der Waals surface area contributed by atoms with Crippen LogP contribution in [0.3, 0.4) is 0 Å². The number of hydrogen-bond acceptors (Lipinski definition) is 3. The minimum atomic E-state index is -3.76. The molecule has 0 saturated heterocycles. The number of halogens is 1. The first-order valence-electron chi connectivity index (χ1n) is 2.97. The largest absolute Gasteiger partial charge is 0.357 e. The van der Waals surface area contributed by atoms with Crippen LogP contribution in [0.1, 0.15) is 11.3 Å². The third-order valence-corrected chi connectivity index (χ3v) is 2.91. The van der Waals surface area contributed by atoms with E-state index in [9.17, 15) is 13.2 Å². The Morgan fingerprint density at radius 3 is 2.42 bits per heavy atom. The van der Waals surface area contributed by atoms with Crippen LogP contribution in [0.25, 0.3) is 0 Å². The van der Waals surface area contributed by atoms with Crippen molar-refractivity contribution in [2.75, 3.05) is 0 Å². The summed E-state index contributed by atoms with van der Waals surface area (Å²) in [4.78, 5) is 12.5. The van der Waals surface area contributed by atoms with Gasteiger partial charge in [-0.1, -0.05) is 0 Å². The van der Waals surface area contributed by atoms with Gasteiger partial charge >= 0.3 is 0 Å². The summed E-state index contributed by atoms with van der Waals surface area (Å²) in [7, 11) is 1.30. The lowest BCUT2D eigenvalue weighted by Crippen LogP contribution is -1.91. The zero-order valence-corrected chi connectivity index (χ0v) is 7.66. The van der Waals surface area contributed by atoms with Crippen molar-refractivity contribution in [3.63, 3.8) is 0 Å². The Labute approximate surface area is 74.0 Å². The molecule has 1 N–H and O–H groups in total. The average Bonchev–Trinajstić information content (AvgIpc) is 2.29. The molecule has 0 spiro atoms. The molecule has 0 bridgehead atoms. The number of hydrogen-bond donors (Lipinski definition) is 1. The van der Waals surface area contributed by atoms with Crippen molar-refractivity contribution in [1.82, 2.24) is 4.98 Å². The molecule has 1 radical (unpaired) electrons. The second kappa shape index (κ2) is 2.91. The van der Waals surface area contributed by atoms with Crippen LogP contribution < -0.4 is 0 Å². The van der Waals surface area contributed by atoms with Gasteiger partial charge < -0.3 is 4.98 Å². The fraction of sp³-hybridized carbons (Fsp3) is 0.167. The van der Waals surface area contributed by atoms with E-state index in [-0.39, 0.29) is 10.6 Å². The van der Waals surface area contributed by atoms with Gasteiger partial charge in [-0.3, -0.25) is 4.79 Å². The normalized spacial score (nSPS) is 11.5. The van der Waals surface area contributed by atoms with Crippen molar-refractivity contribution in [3.05, 3.63) is 17.5 Å². The molecule has 0 aromatic carbocycles. The molecule has 1 aromatic rings. The van der Waals surface area contributed by atoms with E-state index in [4.69, 9.17) is 10.7 Å². The predicted molar refractivity (Wildman–Crippen MR) is 43.4 cm³/mol. The molecule has 1 aromatic heterocycles. The van der Waals surface area contributed by atoms with Crippen LogP contribution in [0.4, 0.5) is 0 Å². The molecular weight excluding hydrogens is 202 g/mol. The van der Waals surface area contributed by atoms with Crippen LogP contribution in [0.15, 0.2) is 11.1 Å². The Morgan fingerprint density at radius 1 is 1.58 bits per heavy atom. The topological polar surface area (TPSA) is 67.0 Å². The quantitative estimate of drug-likeness (QED) is 0.725. The van der Waals surface area contributed by atoms with E-state index in [2.05, 4.69) is 4.98 Å². The van der Waals surface area contributed by atoms with E-state index in [1.54, 1.807) is 6.29 Å².